The van der Waals surface area contributed by atoms with E-state index in [0.717, 1.165) is 22.1 Å². The van der Waals surface area contributed by atoms with Crippen molar-refractivity contribution in [3.8, 4) is 5.75 Å². The summed E-state index contributed by atoms with van der Waals surface area (Å²) in [5, 5.41) is 11.0. The van der Waals surface area contributed by atoms with E-state index >= 15 is 0 Å². The molecule has 0 aliphatic heterocycles. The fourth-order valence-electron chi connectivity index (χ4n) is 1.86. The van der Waals surface area contributed by atoms with E-state index < -0.39 is 11.9 Å². The number of hydrogen-bond acceptors (Lipinski definition) is 2. The highest BCUT2D eigenvalue weighted by atomic mass is 16.5. The van der Waals surface area contributed by atoms with Crippen LogP contribution in [0.25, 0.3) is 10.8 Å². The Kier molecular flexibility index (Phi) is 3.00. The van der Waals surface area contributed by atoms with Crippen molar-refractivity contribution < 1.29 is 14.6 Å². The highest BCUT2D eigenvalue weighted by Gasteiger charge is 2.14. The normalized spacial score (nSPS) is 12.4. The number of rotatable bonds is 3. The molecular weight excluding hydrogens is 216 g/mol. The summed E-state index contributed by atoms with van der Waals surface area (Å²) in [4.78, 5) is 10.9. The Balaban J connectivity index is 2.55. The number of hydrogen-bond donors (Lipinski definition) is 1. The van der Waals surface area contributed by atoms with E-state index in [1.807, 2.05) is 36.4 Å². The van der Waals surface area contributed by atoms with Crippen LogP contribution in [0.3, 0.4) is 0 Å². The van der Waals surface area contributed by atoms with Crippen LogP contribution >= 0.6 is 0 Å². The summed E-state index contributed by atoms with van der Waals surface area (Å²) in [5.41, 5.74) is 0.804. The first-order valence-electron chi connectivity index (χ1n) is 5.43. The van der Waals surface area contributed by atoms with Crippen LogP contribution in [0.1, 0.15) is 18.4 Å². The summed E-state index contributed by atoms with van der Waals surface area (Å²) >= 11 is 0. The number of carbonyl (C=O) groups is 1. The van der Waals surface area contributed by atoms with Crippen LogP contribution in [0.4, 0.5) is 0 Å². The van der Waals surface area contributed by atoms with E-state index in [2.05, 4.69) is 0 Å². The van der Waals surface area contributed by atoms with E-state index in [9.17, 15) is 4.79 Å². The number of benzene rings is 2. The lowest BCUT2D eigenvalue weighted by Gasteiger charge is -2.10. The number of methoxy groups -OCH3 is 1. The zero-order valence-corrected chi connectivity index (χ0v) is 9.81. The molecule has 1 N–H and O–H groups in total. The van der Waals surface area contributed by atoms with Crippen molar-refractivity contribution in [1.29, 1.82) is 0 Å². The molecule has 0 saturated heterocycles. The molecule has 2 aromatic rings. The van der Waals surface area contributed by atoms with E-state index in [1.54, 1.807) is 14.0 Å². The standard InChI is InChI=1S/C14H14O3/c1-9(14(15)16)10-6-7-12-11(8-10)4-3-5-13(12)17-2/h3-9H,1-2H3,(H,15,16). The number of ether oxygens (including phenoxy) is 1. The van der Waals surface area contributed by atoms with Gasteiger partial charge in [0.15, 0.2) is 0 Å². The van der Waals surface area contributed by atoms with Gasteiger partial charge in [0.2, 0.25) is 0 Å². The summed E-state index contributed by atoms with van der Waals surface area (Å²) in [5.74, 6) is -0.505. The number of aliphatic carboxylic acids is 1. The number of carboxylic acid groups (broad SMARTS) is 1. The van der Waals surface area contributed by atoms with Crippen molar-refractivity contribution >= 4 is 16.7 Å². The van der Waals surface area contributed by atoms with Gasteiger partial charge in [-0.2, -0.15) is 0 Å². The molecule has 0 saturated carbocycles. The van der Waals surface area contributed by atoms with Crippen LogP contribution in [0.2, 0.25) is 0 Å². The minimum absolute atomic E-state index is 0.495. The van der Waals surface area contributed by atoms with Gasteiger partial charge in [-0.05, 0) is 23.9 Å². The van der Waals surface area contributed by atoms with Crippen molar-refractivity contribution in [1.82, 2.24) is 0 Å². The van der Waals surface area contributed by atoms with Crippen LogP contribution in [-0.4, -0.2) is 18.2 Å². The van der Waals surface area contributed by atoms with E-state index in [1.165, 1.54) is 0 Å². The molecule has 3 heteroatoms. The molecule has 2 aromatic carbocycles. The van der Waals surface area contributed by atoms with Gasteiger partial charge in [-0.25, -0.2) is 0 Å². The molecule has 0 radical (unpaired) electrons. The van der Waals surface area contributed by atoms with Gasteiger partial charge in [0, 0.05) is 5.39 Å². The molecule has 0 heterocycles. The lowest BCUT2D eigenvalue weighted by molar-refractivity contribution is -0.138. The average molecular weight is 230 g/mol. The van der Waals surface area contributed by atoms with E-state index in [4.69, 9.17) is 9.84 Å². The molecule has 0 aliphatic rings. The third-order valence-electron chi connectivity index (χ3n) is 2.95. The van der Waals surface area contributed by atoms with E-state index in [0.29, 0.717) is 0 Å². The SMILES string of the molecule is COc1cccc2cc(C(C)C(=O)O)ccc12. The van der Waals surface area contributed by atoms with Crippen molar-refractivity contribution in [3.05, 3.63) is 42.0 Å². The predicted octanol–water partition coefficient (Wildman–Crippen LogP) is 3.04. The van der Waals surface area contributed by atoms with Crippen molar-refractivity contribution in [2.24, 2.45) is 0 Å². The second-order valence-electron chi connectivity index (χ2n) is 4.00. The Morgan fingerprint density at radius 1 is 1.29 bits per heavy atom. The molecule has 1 unspecified atom stereocenters. The Morgan fingerprint density at radius 3 is 2.71 bits per heavy atom. The van der Waals surface area contributed by atoms with Crippen LogP contribution in [0.15, 0.2) is 36.4 Å². The van der Waals surface area contributed by atoms with Gasteiger partial charge in [0.25, 0.3) is 0 Å². The molecule has 0 bridgehead atoms. The van der Waals surface area contributed by atoms with Crippen LogP contribution in [0, 0.1) is 0 Å². The van der Waals surface area contributed by atoms with Crippen LogP contribution in [0.5, 0.6) is 5.75 Å². The summed E-state index contributed by atoms with van der Waals surface area (Å²) in [6.45, 7) is 1.68. The minimum atomic E-state index is -0.813. The second-order valence-corrected chi connectivity index (χ2v) is 4.00. The van der Waals surface area contributed by atoms with Gasteiger partial charge >= 0.3 is 5.97 Å². The topological polar surface area (TPSA) is 46.5 Å². The van der Waals surface area contributed by atoms with Gasteiger partial charge in [0.1, 0.15) is 5.75 Å². The van der Waals surface area contributed by atoms with Gasteiger partial charge in [-0.15, -0.1) is 0 Å². The molecular formula is C14H14O3. The maximum Gasteiger partial charge on any atom is 0.310 e. The molecule has 88 valence electrons. The Labute approximate surface area is 99.6 Å². The maximum absolute atomic E-state index is 10.9. The Bertz CT molecular complexity index is 560. The van der Waals surface area contributed by atoms with Gasteiger partial charge in [-0.3, -0.25) is 4.79 Å². The van der Waals surface area contributed by atoms with Crippen LogP contribution in [-0.2, 0) is 4.79 Å². The summed E-state index contributed by atoms with van der Waals surface area (Å²) in [7, 11) is 1.63. The van der Waals surface area contributed by atoms with Gasteiger partial charge < -0.3 is 9.84 Å². The zero-order valence-electron chi connectivity index (χ0n) is 9.81. The zero-order chi connectivity index (χ0) is 12.4. The van der Waals surface area contributed by atoms with Crippen molar-refractivity contribution in [2.75, 3.05) is 7.11 Å². The molecule has 1 atom stereocenters. The monoisotopic (exact) mass is 230 g/mol. The van der Waals surface area contributed by atoms with Crippen LogP contribution < -0.4 is 4.74 Å². The fourth-order valence-corrected chi connectivity index (χ4v) is 1.86. The lowest BCUT2D eigenvalue weighted by atomic mass is 9.98. The summed E-state index contributed by atoms with van der Waals surface area (Å²) in [6.07, 6.45) is 0. The van der Waals surface area contributed by atoms with E-state index in [-0.39, 0.29) is 0 Å². The second kappa shape index (κ2) is 4.45. The predicted molar refractivity (Wildman–Crippen MR) is 66.6 cm³/mol. The Hall–Kier alpha value is -2.03. The summed E-state index contributed by atoms with van der Waals surface area (Å²) < 4.78 is 5.26. The number of carboxylic acids is 1. The molecule has 0 amide bonds. The Morgan fingerprint density at radius 2 is 2.06 bits per heavy atom. The first kappa shape index (κ1) is 11.5. The van der Waals surface area contributed by atoms with Crippen molar-refractivity contribution in [3.63, 3.8) is 0 Å². The molecule has 3 nitrogen and oxygen atoms in total. The summed E-state index contributed by atoms with van der Waals surface area (Å²) in [6, 6.07) is 11.4. The molecule has 0 aromatic heterocycles. The molecule has 0 spiro atoms. The third kappa shape index (κ3) is 2.09. The first-order chi connectivity index (χ1) is 8.13. The molecule has 0 fully saturated rings. The molecule has 2 rings (SSSR count). The van der Waals surface area contributed by atoms with Gasteiger partial charge in [0.05, 0.1) is 13.0 Å². The number of fused-ring (bicyclic) bond motifs is 1. The quantitative estimate of drug-likeness (QED) is 0.881. The smallest absolute Gasteiger partial charge is 0.310 e. The highest BCUT2D eigenvalue weighted by molar-refractivity contribution is 5.90. The third-order valence-corrected chi connectivity index (χ3v) is 2.95. The minimum Gasteiger partial charge on any atom is -0.496 e. The average Bonchev–Trinajstić information content (AvgIpc) is 2.36. The van der Waals surface area contributed by atoms with Gasteiger partial charge in [-0.1, -0.05) is 30.3 Å². The first-order valence-corrected chi connectivity index (χ1v) is 5.43. The largest absolute Gasteiger partial charge is 0.496 e. The maximum atomic E-state index is 10.9. The lowest BCUT2D eigenvalue weighted by Crippen LogP contribution is -2.07. The highest BCUT2D eigenvalue weighted by Crippen LogP contribution is 2.28. The molecule has 17 heavy (non-hydrogen) atoms. The van der Waals surface area contributed by atoms with Crippen molar-refractivity contribution in [2.45, 2.75) is 12.8 Å². The fraction of sp³-hybridized carbons (Fsp3) is 0.214. The molecule has 0 aliphatic carbocycles.